The number of aromatic nitrogens is 5. The summed E-state index contributed by atoms with van der Waals surface area (Å²) in [6.45, 7) is 3.70. The molecule has 1 saturated carbocycles. The lowest BCUT2D eigenvalue weighted by atomic mass is 10.1. The number of hydrogen-bond acceptors (Lipinski definition) is 6. The highest BCUT2D eigenvalue weighted by Gasteiger charge is 2.31. The number of nitrogens with zero attached hydrogens (tertiary/aromatic N) is 5. The van der Waals surface area contributed by atoms with Gasteiger partial charge >= 0.3 is 6.18 Å². The van der Waals surface area contributed by atoms with Crippen LogP contribution in [-0.2, 0) is 12.7 Å². The van der Waals surface area contributed by atoms with E-state index < -0.39 is 11.7 Å². The molecule has 1 fully saturated rings. The molecule has 0 bridgehead atoms. The minimum absolute atomic E-state index is 0.0625. The van der Waals surface area contributed by atoms with Gasteiger partial charge in [-0.3, -0.25) is 9.20 Å². The van der Waals surface area contributed by atoms with E-state index in [-0.39, 0.29) is 23.9 Å². The van der Waals surface area contributed by atoms with Crippen LogP contribution in [-0.4, -0.2) is 30.5 Å². The molecular weight excluding hydrogens is 429 g/mol. The maximum Gasteiger partial charge on any atom is 0.417 e. The molecule has 1 aliphatic carbocycles. The van der Waals surface area contributed by atoms with Crippen molar-refractivity contribution < 1.29 is 18.0 Å². The fourth-order valence-electron chi connectivity index (χ4n) is 3.57. The molecular formula is C20H17F3N6OS. The molecule has 0 aliphatic heterocycles. The molecule has 160 valence electrons. The average molecular weight is 446 g/mol. The number of aryl methyl sites for hydroxylation is 2. The van der Waals surface area contributed by atoms with Crippen LogP contribution < -0.4 is 5.32 Å². The Kier molecular flexibility index (Phi) is 4.47. The van der Waals surface area contributed by atoms with Crippen LogP contribution in [0.25, 0.3) is 15.9 Å². The van der Waals surface area contributed by atoms with E-state index in [1.165, 1.54) is 21.8 Å². The first kappa shape index (κ1) is 19.9. The minimum atomic E-state index is -4.48. The summed E-state index contributed by atoms with van der Waals surface area (Å²) in [7, 11) is 0. The van der Waals surface area contributed by atoms with Crippen molar-refractivity contribution in [2.75, 3.05) is 0 Å². The molecule has 4 aromatic rings. The molecule has 11 heteroatoms. The van der Waals surface area contributed by atoms with Gasteiger partial charge in [-0.05, 0) is 44.4 Å². The number of carbonyl (C=O) groups is 1. The lowest BCUT2D eigenvalue weighted by molar-refractivity contribution is -0.137. The third-order valence-corrected chi connectivity index (χ3v) is 6.53. The van der Waals surface area contributed by atoms with Gasteiger partial charge in [0.15, 0.2) is 11.5 Å². The van der Waals surface area contributed by atoms with Crippen molar-refractivity contribution in [2.45, 2.75) is 45.3 Å². The van der Waals surface area contributed by atoms with Crippen molar-refractivity contribution in [3.63, 3.8) is 0 Å². The van der Waals surface area contributed by atoms with Crippen molar-refractivity contribution in [1.29, 1.82) is 0 Å². The van der Waals surface area contributed by atoms with Crippen LogP contribution in [0, 0.1) is 13.8 Å². The molecule has 1 N–H and O–H groups in total. The Morgan fingerprint density at radius 3 is 2.71 bits per heavy atom. The van der Waals surface area contributed by atoms with Gasteiger partial charge in [-0.2, -0.15) is 13.2 Å². The molecule has 0 spiro atoms. The van der Waals surface area contributed by atoms with Crippen LogP contribution in [0.5, 0.6) is 0 Å². The second-order valence-corrected chi connectivity index (χ2v) is 8.62. The SMILES string of the molecule is Cc1nc(C2CC2)nc2sc(C(=O)NCc3nnc4ccc(C(F)(F)F)cn34)c(C)c12. The van der Waals surface area contributed by atoms with Gasteiger partial charge in [0.1, 0.15) is 10.7 Å². The molecule has 5 rings (SSSR count). The van der Waals surface area contributed by atoms with Crippen LogP contribution >= 0.6 is 11.3 Å². The van der Waals surface area contributed by atoms with Crippen molar-refractivity contribution in [2.24, 2.45) is 0 Å². The average Bonchev–Trinajstić information content (AvgIpc) is 3.40. The van der Waals surface area contributed by atoms with Crippen LogP contribution in [0.4, 0.5) is 13.2 Å². The highest BCUT2D eigenvalue weighted by molar-refractivity contribution is 7.20. The number of pyridine rings is 1. The third-order valence-electron chi connectivity index (χ3n) is 5.34. The molecule has 7 nitrogen and oxygen atoms in total. The highest BCUT2D eigenvalue weighted by atomic mass is 32.1. The largest absolute Gasteiger partial charge is 0.417 e. The maximum absolute atomic E-state index is 13.0. The topological polar surface area (TPSA) is 85.1 Å². The first-order chi connectivity index (χ1) is 14.7. The van der Waals surface area contributed by atoms with E-state index in [9.17, 15) is 18.0 Å². The molecule has 4 aromatic heterocycles. The molecule has 0 saturated heterocycles. The summed E-state index contributed by atoms with van der Waals surface area (Å²) in [6, 6.07) is 2.20. The van der Waals surface area contributed by atoms with Gasteiger partial charge in [0, 0.05) is 17.5 Å². The first-order valence-electron chi connectivity index (χ1n) is 9.69. The summed E-state index contributed by atoms with van der Waals surface area (Å²) < 4.78 is 40.3. The van der Waals surface area contributed by atoms with Gasteiger partial charge in [-0.1, -0.05) is 0 Å². The van der Waals surface area contributed by atoms with Crippen LogP contribution in [0.15, 0.2) is 18.3 Å². The molecule has 0 atom stereocenters. The van der Waals surface area contributed by atoms with Gasteiger partial charge < -0.3 is 5.32 Å². The number of hydrogen-bond donors (Lipinski definition) is 1. The van der Waals surface area contributed by atoms with Gasteiger partial charge in [0.25, 0.3) is 5.91 Å². The summed E-state index contributed by atoms with van der Waals surface area (Å²) in [5.41, 5.74) is 1.10. The second kappa shape index (κ2) is 6.98. The molecule has 0 radical (unpaired) electrons. The second-order valence-electron chi connectivity index (χ2n) is 7.62. The zero-order valence-corrected chi connectivity index (χ0v) is 17.4. The van der Waals surface area contributed by atoms with Gasteiger partial charge in [0.2, 0.25) is 0 Å². The zero-order valence-electron chi connectivity index (χ0n) is 16.6. The number of rotatable bonds is 4. The van der Waals surface area contributed by atoms with E-state index in [4.69, 9.17) is 0 Å². The van der Waals surface area contributed by atoms with E-state index in [1.807, 2.05) is 13.8 Å². The molecule has 31 heavy (non-hydrogen) atoms. The maximum atomic E-state index is 13.0. The first-order valence-corrected chi connectivity index (χ1v) is 10.5. The zero-order chi connectivity index (χ0) is 21.9. The Morgan fingerprint density at radius 1 is 1.23 bits per heavy atom. The number of halogens is 3. The Labute approximate surface area is 178 Å². The summed E-state index contributed by atoms with van der Waals surface area (Å²) in [4.78, 5) is 23.4. The van der Waals surface area contributed by atoms with Crippen LogP contribution in [0.1, 0.15) is 56.9 Å². The number of fused-ring (bicyclic) bond motifs is 2. The summed E-state index contributed by atoms with van der Waals surface area (Å²) in [6.07, 6.45) is -1.37. The third kappa shape index (κ3) is 3.52. The fourth-order valence-corrected chi connectivity index (χ4v) is 4.72. The van der Waals surface area contributed by atoms with Crippen LogP contribution in [0.3, 0.4) is 0 Å². The fraction of sp³-hybridized carbons (Fsp3) is 0.350. The van der Waals surface area contributed by atoms with E-state index in [0.717, 1.165) is 52.4 Å². The monoisotopic (exact) mass is 446 g/mol. The number of thiophene rings is 1. The molecule has 4 heterocycles. The van der Waals surface area contributed by atoms with Crippen molar-refractivity contribution in [3.8, 4) is 0 Å². The summed E-state index contributed by atoms with van der Waals surface area (Å²) in [5, 5.41) is 11.4. The number of carbonyl (C=O) groups excluding carboxylic acids is 1. The molecule has 1 amide bonds. The van der Waals surface area contributed by atoms with Crippen molar-refractivity contribution in [3.05, 3.63) is 51.7 Å². The van der Waals surface area contributed by atoms with Gasteiger partial charge in [0.05, 0.1) is 22.7 Å². The van der Waals surface area contributed by atoms with Crippen molar-refractivity contribution in [1.82, 2.24) is 29.9 Å². The highest BCUT2D eigenvalue weighted by Crippen LogP contribution is 2.40. The van der Waals surface area contributed by atoms with E-state index in [1.54, 1.807) is 0 Å². The Hall–Kier alpha value is -3.08. The molecule has 0 aromatic carbocycles. The lowest BCUT2D eigenvalue weighted by Gasteiger charge is -2.08. The number of nitrogens with one attached hydrogen (secondary N) is 1. The van der Waals surface area contributed by atoms with Gasteiger partial charge in [-0.25, -0.2) is 9.97 Å². The van der Waals surface area contributed by atoms with E-state index in [2.05, 4.69) is 25.5 Å². The van der Waals surface area contributed by atoms with Crippen LogP contribution in [0.2, 0.25) is 0 Å². The van der Waals surface area contributed by atoms with Crippen molar-refractivity contribution >= 4 is 33.1 Å². The summed E-state index contributed by atoms with van der Waals surface area (Å²) in [5.74, 6) is 1.11. The molecule has 1 aliphatic rings. The van der Waals surface area contributed by atoms with E-state index in [0.29, 0.717) is 10.8 Å². The Balaban J connectivity index is 1.41. The standard InChI is InChI=1S/C20H17F3N6OS/c1-9-15-10(2)25-17(11-3-4-11)26-19(15)31-16(9)18(30)24-7-14-28-27-13-6-5-12(8-29(13)14)20(21,22)23/h5-6,8,11H,3-4,7H2,1-2H3,(H,24,30). The Morgan fingerprint density at radius 2 is 2.00 bits per heavy atom. The normalized spacial score (nSPS) is 14.5. The lowest BCUT2D eigenvalue weighted by Crippen LogP contribution is -2.23. The molecule has 0 unspecified atom stereocenters. The van der Waals surface area contributed by atoms with E-state index >= 15 is 0 Å². The summed E-state index contributed by atoms with van der Waals surface area (Å²) >= 11 is 1.30. The predicted molar refractivity (Wildman–Crippen MR) is 108 cm³/mol. The number of amides is 1. The quantitative estimate of drug-likeness (QED) is 0.509. The smallest absolute Gasteiger partial charge is 0.344 e. The van der Waals surface area contributed by atoms with Gasteiger partial charge in [-0.15, -0.1) is 21.5 Å². The Bertz CT molecular complexity index is 1340. The minimum Gasteiger partial charge on any atom is -0.344 e. The number of alkyl halides is 3. The predicted octanol–water partition coefficient (Wildman–Crippen LogP) is 4.18.